The first-order valence-corrected chi connectivity index (χ1v) is 4.83. The topological polar surface area (TPSA) is 28.7 Å². The highest BCUT2D eigenvalue weighted by Gasteiger charge is 1.97. The van der Waals surface area contributed by atoms with Crippen LogP contribution in [0.3, 0.4) is 0 Å². The molecule has 0 aliphatic carbocycles. The van der Waals surface area contributed by atoms with E-state index in [0.717, 1.165) is 17.5 Å². The van der Waals surface area contributed by atoms with E-state index in [1.165, 1.54) is 18.5 Å². The molecule has 2 rings (SSSR count). The molecule has 68 valence electrons. The SMILES string of the molecule is CCCCc1ccc2[nH]ccc2n1. The fourth-order valence-corrected chi connectivity index (χ4v) is 1.47. The minimum atomic E-state index is 1.08. The summed E-state index contributed by atoms with van der Waals surface area (Å²) in [6.45, 7) is 2.20. The molecule has 1 N–H and O–H groups in total. The number of H-pyrrole nitrogens is 1. The van der Waals surface area contributed by atoms with Gasteiger partial charge in [-0.15, -0.1) is 0 Å². The monoisotopic (exact) mass is 174 g/mol. The van der Waals surface area contributed by atoms with Crippen molar-refractivity contribution in [3.8, 4) is 0 Å². The third kappa shape index (κ3) is 1.72. The molecule has 0 atom stereocenters. The zero-order chi connectivity index (χ0) is 9.10. The number of nitrogens with zero attached hydrogens (tertiary/aromatic N) is 1. The average Bonchev–Trinajstić information content (AvgIpc) is 2.61. The number of unbranched alkanes of at least 4 members (excludes halogenated alkanes) is 1. The number of aryl methyl sites for hydroxylation is 1. The number of rotatable bonds is 3. The highest BCUT2D eigenvalue weighted by molar-refractivity contribution is 5.74. The van der Waals surface area contributed by atoms with Crippen molar-refractivity contribution < 1.29 is 0 Å². The quantitative estimate of drug-likeness (QED) is 0.761. The van der Waals surface area contributed by atoms with Crippen molar-refractivity contribution in [2.24, 2.45) is 0 Å². The van der Waals surface area contributed by atoms with Gasteiger partial charge >= 0.3 is 0 Å². The van der Waals surface area contributed by atoms with Crippen LogP contribution in [0.25, 0.3) is 11.0 Å². The van der Waals surface area contributed by atoms with E-state index in [1.807, 2.05) is 12.3 Å². The molecule has 2 nitrogen and oxygen atoms in total. The Morgan fingerprint density at radius 2 is 2.23 bits per heavy atom. The van der Waals surface area contributed by atoms with E-state index in [0.29, 0.717) is 0 Å². The van der Waals surface area contributed by atoms with Gasteiger partial charge in [0.2, 0.25) is 0 Å². The van der Waals surface area contributed by atoms with Gasteiger partial charge in [-0.25, -0.2) is 0 Å². The molecule has 0 aliphatic rings. The Hall–Kier alpha value is -1.31. The molecule has 0 aliphatic heterocycles. The second-order valence-corrected chi connectivity index (χ2v) is 3.32. The first-order valence-electron chi connectivity index (χ1n) is 4.83. The predicted molar refractivity (Wildman–Crippen MR) is 54.7 cm³/mol. The van der Waals surface area contributed by atoms with E-state index < -0.39 is 0 Å². The van der Waals surface area contributed by atoms with Gasteiger partial charge in [-0.1, -0.05) is 13.3 Å². The molecule has 2 aromatic rings. The van der Waals surface area contributed by atoms with Crippen LogP contribution in [0.15, 0.2) is 24.4 Å². The predicted octanol–water partition coefficient (Wildman–Crippen LogP) is 2.91. The van der Waals surface area contributed by atoms with Crippen molar-refractivity contribution in [2.45, 2.75) is 26.2 Å². The summed E-state index contributed by atoms with van der Waals surface area (Å²) >= 11 is 0. The Labute approximate surface area is 78.0 Å². The fourth-order valence-electron chi connectivity index (χ4n) is 1.47. The molecule has 0 radical (unpaired) electrons. The van der Waals surface area contributed by atoms with Gasteiger partial charge in [0.25, 0.3) is 0 Å². The molecule has 13 heavy (non-hydrogen) atoms. The van der Waals surface area contributed by atoms with Crippen LogP contribution in [0.5, 0.6) is 0 Å². The van der Waals surface area contributed by atoms with Gasteiger partial charge in [0.15, 0.2) is 0 Å². The third-order valence-electron chi connectivity index (χ3n) is 2.25. The molecule has 0 aromatic carbocycles. The van der Waals surface area contributed by atoms with E-state index in [4.69, 9.17) is 0 Å². The van der Waals surface area contributed by atoms with Crippen molar-refractivity contribution in [3.05, 3.63) is 30.1 Å². The summed E-state index contributed by atoms with van der Waals surface area (Å²) in [6, 6.07) is 6.23. The molecule has 0 saturated carbocycles. The molecular weight excluding hydrogens is 160 g/mol. The van der Waals surface area contributed by atoms with Crippen LogP contribution < -0.4 is 0 Å². The van der Waals surface area contributed by atoms with Crippen molar-refractivity contribution in [3.63, 3.8) is 0 Å². The van der Waals surface area contributed by atoms with Crippen LogP contribution in [0.4, 0.5) is 0 Å². The highest BCUT2D eigenvalue weighted by atomic mass is 14.8. The van der Waals surface area contributed by atoms with E-state index in [-0.39, 0.29) is 0 Å². The second-order valence-electron chi connectivity index (χ2n) is 3.32. The fraction of sp³-hybridized carbons (Fsp3) is 0.364. The van der Waals surface area contributed by atoms with Crippen LogP contribution >= 0.6 is 0 Å². The first kappa shape index (κ1) is 8.30. The Morgan fingerprint density at radius 3 is 3.08 bits per heavy atom. The Balaban J connectivity index is 2.26. The highest BCUT2D eigenvalue weighted by Crippen LogP contribution is 2.11. The van der Waals surface area contributed by atoms with Crippen LogP contribution in [0.2, 0.25) is 0 Å². The van der Waals surface area contributed by atoms with Gasteiger partial charge in [0.1, 0.15) is 0 Å². The molecule has 0 amide bonds. The number of nitrogens with one attached hydrogen (secondary N) is 1. The minimum Gasteiger partial charge on any atom is -0.360 e. The van der Waals surface area contributed by atoms with Gasteiger partial charge in [-0.2, -0.15) is 0 Å². The van der Waals surface area contributed by atoms with Gasteiger partial charge in [0, 0.05) is 11.9 Å². The average molecular weight is 174 g/mol. The van der Waals surface area contributed by atoms with Crippen LogP contribution in [0.1, 0.15) is 25.5 Å². The molecule has 0 saturated heterocycles. The number of aromatic amines is 1. The molecule has 0 fully saturated rings. The van der Waals surface area contributed by atoms with E-state index in [9.17, 15) is 0 Å². The maximum Gasteiger partial charge on any atom is 0.0882 e. The minimum absolute atomic E-state index is 1.08. The van der Waals surface area contributed by atoms with E-state index in [1.54, 1.807) is 0 Å². The Morgan fingerprint density at radius 1 is 1.31 bits per heavy atom. The van der Waals surface area contributed by atoms with Gasteiger partial charge in [-0.3, -0.25) is 4.98 Å². The van der Waals surface area contributed by atoms with Gasteiger partial charge < -0.3 is 4.98 Å². The molecule has 2 aromatic heterocycles. The number of hydrogen-bond donors (Lipinski definition) is 1. The Bertz CT molecular complexity index is 390. The lowest BCUT2D eigenvalue weighted by Gasteiger charge is -1.98. The maximum atomic E-state index is 4.54. The second kappa shape index (κ2) is 3.60. The van der Waals surface area contributed by atoms with Crippen LogP contribution in [-0.4, -0.2) is 9.97 Å². The van der Waals surface area contributed by atoms with Crippen molar-refractivity contribution in [2.75, 3.05) is 0 Å². The summed E-state index contributed by atoms with van der Waals surface area (Å²) in [5.74, 6) is 0. The number of aromatic nitrogens is 2. The van der Waals surface area contributed by atoms with E-state index in [2.05, 4.69) is 29.0 Å². The Kier molecular flexibility index (Phi) is 2.30. The normalized spacial score (nSPS) is 10.8. The zero-order valence-electron chi connectivity index (χ0n) is 7.88. The van der Waals surface area contributed by atoms with Gasteiger partial charge in [0.05, 0.1) is 11.0 Å². The molecule has 0 spiro atoms. The van der Waals surface area contributed by atoms with Gasteiger partial charge in [-0.05, 0) is 31.0 Å². The standard InChI is InChI=1S/C11H14N2/c1-2-3-4-9-5-6-10-11(13-9)7-8-12-10/h5-8,12H,2-4H2,1H3. The van der Waals surface area contributed by atoms with Crippen molar-refractivity contribution >= 4 is 11.0 Å². The number of hydrogen-bond acceptors (Lipinski definition) is 1. The summed E-state index contributed by atoms with van der Waals surface area (Å²) in [7, 11) is 0. The van der Waals surface area contributed by atoms with Crippen molar-refractivity contribution in [1.29, 1.82) is 0 Å². The summed E-state index contributed by atoms with van der Waals surface area (Å²) in [6.07, 6.45) is 5.48. The molecule has 2 heteroatoms. The number of fused-ring (bicyclic) bond motifs is 1. The summed E-state index contributed by atoms with van der Waals surface area (Å²) < 4.78 is 0. The van der Waals surface area contributed by atoms with Crippen LogP contribution in [-0.2, 0) is 6.42 Å². The largest absolute Gasteiger partial charge is 0.360 e. The summed E-state index contributed by atoms with van der Waals surface area (Å²) in [4.78, 5) is 7.68. The number of pyridine rings is 1. The maximum absolute atomic E-state index is 4.54. The first-order chi connectivity index (χ1) is 6.40. The lowest BCUT2D eigenvalue weighted by molar-refractivity contribution is 0.780. The zero-order valence-corrected chi connectivity index (χ0v) is 7.88. The molecule has 2 heterocycles. The smallest absolute Gasteiger partial charge is 0.0882 e. The lowest BCUT2D eigenvalue weighted by Crippen LogP contribution is -1.88. The molecule has 0 bridgehead atoms. The lowest BCUT2D eigenvalue weighted by atomic mass is 10.2. The van der Waals surface area contributed by atoms with E-state index >= 15 is 0 Å². The molecule has 0 unspecified atom stereocenters. The van der Waals surface area contributed by atoms with Crippen LogP contribution in [0, 0.1) is 0 Å². The summed E-state index contributed by atoms with van der Waals surface area (Å²) in [5.41, 5.74) is 3.41. The van der Waals surface area contributed by atoms with Crippen molar-refractivity contribution in [1.82, 2.24) is 9.97 Å². The molecular formula is C11H14N2. The summed E-state index contributed by atoms with van der Waals surface area (Å²) in [5, 5.41) is 0. The third-order valence-corrected chi connectivity index (χ3v) is 2.25.